The molecule has 0 aliphatic heterocycles. The number of aromatic nitrogens is 2. The van der Waals surface area contributed by atoms with Crippen molar-refractivity contribution in [3.05, 3.63) is 121 Å². The molecule has 0 aliphatic carbocycles. The number of rotatable bonds is 21. The molecule has 0 saturated carbocycles. The second kappa shape index (κ2) is 24.6. The molecule has 13 N–H and O–H groups in total. The van der Waals surface area contributed by atoms with Crippen LogP contribution in [0.4, 0.5) is 62.6 Å². The molecule has 0 amide bonds. The molecule has 0 bridgehead atoms. The highest BCUT2D eigenvalue weighted by Crippen LogP contribution is 2.51. The van der Waals surface area contributed by atoms with Crippen molar-refractivity contribution in [2.75, 3.05) is 5.73 Å². The van der Waals surface area contributed by atoms with Crippen molar-refractivity contribution in [2.45, 2.75) is 34.3 Å². The second-order valence-electron chi connectivity index (χ2n) is 17.5. The number of H-pyrrole nitrogens is 1. The molecule has 8 aromatic rings. The van der Waals surface area contributed by atoms with E-state index in [1.165, 1.54) is 0 Å². The fourth-order valence-corrected chi connectivity index (χ4v) is 12.5. The van der Waals surface area contributed by atoms with Gasteiger partial charge in [0.1, 0.15) is 52.9 Å². The minimum Gasteiger partial charge on any atom is -0.505 e. The van der Waals surface area contributed by atoms with Gasteiger partial charge in [0.15, 0.2) is 28.6 Å². The molecule has 1 heterocycles. The van der Waals surface area contributed by atoms with E-state index in [0.29, 0.717) is 47.1 Å². The number of carboxylic acids is 1. The molecule has 482 valence electrons. The third-order valence-electron chi connectivity index (χ3n) is 11.9. The summed E-state index contributed by atoms with van der Waals surface area (Å²) in [6.07, 6.45) is 0. The molecule has 8 rings (SSSR count). The molecule has 0 aliphatic rings. The molecule has 50 heteroatoms. The van der Waals surface area contributed by atoms with Crippen molar-refractivity contribution in [2.24, 2.45) is 40.9 Å². The summed E-state index contributed by atoms with van der Waals surface area (Å²) in [5, 5.41) is 95.6. The summed E-state index contributed by atoms with van der Waals surface area (Å²) in [5.41, 5.74) is -8.80. The van der Waals surface area contributed by atoms with Gasteiger partial charge in [-0.1, -0.05) is 5.04 Å². The highest BCUT2D eigenvalue weighted by atomic mass is 32.2. The standard InChI is InChI=1S/C42H27N13O30S7/c43-32-24(14-27(88(69,70)71)21-12-26(86-85-84-65)34(39(57)31(21)32)49-45-22-7-3-17(54(61)62)11-28(22)89(72,73)74)47-46-23-8-6-19-20(40(23)92(81,82)83)13-30(91(78,79)80)35(38(19)56)50-44-15-9-25(55(63)64)33(29(10-15)90(75,76)77)48-51-36-37(42(59)60)52-53(41(36)58)16-1-4-18(5-2-16)87(66,67)68/h1-14,52,56-57,65H,43H2,(H,59,60)(H,66,67,68)(H,69,70,71)(H,72,73,74)(H,75,76,77)(H,78,79,80)(H,81,82,83). The Kier molecular flexibility index (Phi) is 18.1. The van der Waals surface area contributed by atoms with Crippen LogP contribution >= 0.6 is 12.0 Å². The van der Waals surface area contributed by atoms with Crippen LogP contribution in [0.1, 0.15) is 10.5 Å². The number of aromatic hydroxyl groups is 2. The molecule has 0 radical (unpaired) electrons. The summed E-state index contributed by atoms with van der Waals surface area (Å²) in [6, 6.07) is 8.22. The smallest absolute Gasteiger partial charge is 0.356 e. The van der Waals surface area contributed by atoms with Gasteiger partial charge in [-0.25, -0.2) is 14.7 Å². The van der Waals surface area contributed by atoms with Crippen LogP contribution < -0.4 is 11.3 Å². The zero-order chi connectivity index (χ0) is 68.3. The van der Waals surface area contributed by atoms with E-state index in [1.54, 1.807) is 0 Å². The zero-order valence-electron chi connectivity index (χ0n) is 43.6. The molecule has 92 heavy (non-hydrogen) atoms. The third-order valence-corrected chi connectivity index (χ3v) is 17.8. The maximum Gasteiger partial charge on any atom is 0.356 e. The molecule has 0 spiro atoms. The van der Waals surface area contributed by atoms with Crippen molar-refractivity contribution in [3.8, 4) is 17.2 Å². The second-order valence-corrected chi connectivity index (χ2v) is 26.6. The lowest BCUT2D eigenvalue weighted by Crippen LogP contribution is -2.14. The van der Waals surface area contributed by atoms with Gasteiger partial charge in [0.25, 0.3) is 77.6 Å². The highest BCUT2D eigenvalue weighted by molar-refractivity contribution is 7.94. The molecular formula is C42H27N13O30S7. The lowest BCUT2D eigenvalue weighted by Gasteiger charge is -2.15. The Balaban J connectivity index is 1.26. The van der Waals surface area contributed by atoms with E-state index in [1.807, 2.05) is 0 Å². The van der Waals surface area contributed by atoms with E-state index in [-0.39, 0.29) is 35.9 Å². The van der Waals surface area contributed by atoms with E-state index in [4.69, 9.17) is 11.0 Å². The Hall–Kier alpha value is -10.2. The molecule has 1 aromatic heterocycles. The first-order valence-electron chi connectivity index (χ1n) is 23.0. The molecule has 0 atom stereocenters. The Morgan fingerprint density at radius 3 is 1.66 bits per heavy atom. The van der Waals surface area contributed by atoms with Crippen molar-refractivity contribution >= 4 is 163 Å². The Morgan fingerprint density at radius 1 is 0.554 bits per heavy atom. The maximum atomic E-state index is 13.4. The van der Waals surface area contributed by atoms with Crippen LogP contribution in [0.15, 0.2) is 165 Å². The van der Waals surface area contributed by atoms with Gasteiger partial charge in [0, 0.05) is 34.4 Å². The van der Waals surface area contributed by atoms with Gasteiger partial charge in [0.05, 0.1) is 54.1 Å². The largest absolute Gasteiger partial charge is 0.505 e. The number of phenolic OH excluding ortho intramolecular Hbond substituents is 2. The molecule has 0 fully saturated rings. The van der Waals surface area contributed by atoms with Crippen molar-refractivity contribution < 1.29 is 122 Å². The van der Waals surface area contributed by atoms with Crippen LogP contribution in [0.25, 0.3) is 27.2 Å². The summed E-state index contributed by atoms with van der Waals surface area (Å²) >= 11 is -0.0762. The van der Waals surface area contributed by atoms with Crippen molar-refractivity contribution in [1.29, 1.82) is 0 Å². The minimum atomic E-state index is -5.86. The third kappa shape index (κ3) is 13.8. The number of non-ortho nitro benzene ring substituents is 1. The fraction of sp³-hybridized carbons (Fsp3) is 0. The number of aromatic amines is 1. The van der Waals surface area contributed by atoms with E-state index in [9.17, 15) is 123 Å². The number of nitrogens with one attached hydrogen (secondary N) is 1. The van der Waals surface area contributed by atoms with E-state index < -0.39 is 218 Å². The van der Waals surface area contributed by atoms with Gasteiger partial charge in [-0.3, -0.25) is 57.4 Å². The maximum absolute atomic E-state index is 13.4. The predicted molar refractivity (Wildman–Crippen MR) is 301 cm³/mol. The first kappa shape index (κ1) is 67.8. The van der Waals surface area contributed by atoms with E-state index in [0.717, 1.165) is 24.3 Å². The number of benzene rings is 7. The number of carbonyl (C=O) groups is 1. The van der Waals surface area contributed by atoms with Gasteiger partial charge in [-0.2, -0.15) is 55.6 Å². The normalized spacial score (nSPS) is 13.0. The van der Waals surface area contributed by atoms with E-state index >= 15 is 0 Å². The number of hydrogen-bond acceptors (Lipinski definition) is 33. The van der Waals surface area contributed by atoms with Crippen molar-refractivity contribution in [3.63, 3.8) is 0 Å². The summed E-state index contributed by atoms with van der Waals surface area (Å²) < 4.78 is 216. The lowest BCUT2D eigenvalue weighted by atomic mass is 10.0. The number of aromatic carboxylic acids is 1. The van der Waals surface area contributed by atoms with Crippen LogP contribution in [0.5, 0.6) is 11.5 Å². The number of carboxylic acid groups (broad SMARTS) is 1. The average Bonchev–Trinajstić information content (AvgIpc) is 0.928. The number of hydrogen-bond donors (Lipinski definition) is 12. The average molecular weight is 1420 g/mol. The number of nitro benzene ring substituents is 2. The number of nitrogens with zero attached hydrogens (tertiary/aromatic N) is 11. The van der Waals surface area contributed by atoms with E-state index in [2.05, 4.69) is 55.4 Å². The number of anilines is 1. The number of nitrogen functional groups attached to an aromatic ring is 1. The van der Waals surface area contributed by atoms with Gasteiger partial charge >= 0.3 is 5.97 Å². The molecule has 0 unspecified atom stereocenters. The SMILES string of the molecule is Nc1c(N=Nc2ccc3c(O)c(N=Nc4cc([N+](=O)[O-])c(N=Nc5c(C(=O)O)[nH]n(-c6ccc(S(=O)(=O)O)cc6)c5=O)c(S(=O)(=O)O)c4)c(S(=O)(=O)O)cc3c2S(=O)(=O)O)cc(S(=O)(=O)O)c2cc(SOOO)c(N=Nc3ccc([N+](=O)[O-])cc3S(=O)(=O)O)c(O)c12. The van der Waals surface area contributed by atoms with Gasteiger partial charge < -0.3 is 21.1 Å². The first-order chi connectivity index (χ1) is 42.5. The molecule has 43 nitrogen and oxygen atoms in total. The molecule has 7 aromatic carbocycles. The van der Waals surface area contributed by atoms with Gasteiger partial charge in [-0.15, -0.1) is 40.1 Å². The summed E-state index contributed by atoms with van der Waals surface area (Å²) in [6.45, 7) is 0. The number of azo groups is 4. The predicted octanol–water partition coefficient (Wildman–Crippen LogP) is 7.55. The van der Waals surface area contributed by atoms with Crippen LogP contribution in [0, 0.1) is 20.2 Å². The molecular weight excluding hydrogens is 1390 g/mol. The summed E-state index contributed by atoms with van der Waals surface area (Å²) in [7, 11) is -33.1. The summed E-state index contributed by atoms with van der Waals surface area (Å²) in [4.78, 5) is 38.3. The van der Waals surface area contributed by atoms with Gasteiger partial charge in [-0.05, 0) is 66.7 Å². The first-order valence-corrected chi connectivity index (χ1v) is 32.3. The van der Waals surface area contributed by atoms with Gasteiger partial charge in [0.2, 0.25) is 0 Å². The lowest BCUT2D eigenvalue weighted by molar-refractivity contribution is -0.432. The Labute approximate surface area is 511 Å². The number of fused-ring (bicyclic) bond motifs is 2. The Morgan fingerprint density at radius 2 is 1.11 bits per heavy atom. The van der Waals surface area contributed by atoms with Crippen LogP contribution in [-0.2, 0) is 70.1 Å². The quantitative estimate of drug-likeness (QED) is 0.00628. The Bertz CT molecular complexity index is 5490. The molecule has 0 saturated heterocycles. The van der Waals surface area contributed by atoms with Crippen LogP contribution in [0.3, 0.4) is 0 Å². The number of nitro groups is 2. The van der Waals surface area contributed by atoms with Crippen LogP contribution in [0.2, 0.25) is 0 Å². The highest BCUT2D eigenvalue weighted by Gasteiger charge is 2.32. The fourth-order valence-electron chi connectivity index (χ4n) is 8.06. The number of nitrogens with two attached hydrogens (primary N) is 1. The topological polar surface area (TPSA) is 692 Å². The minimum absolute atomic E-state index is 0.0762. The monoisotopic (exact) mass is 1420 g/mol. The van der Waals surface area contributed by atoms with Crippen LogP contribution in [-0.4, -0.2) is 124 Å². The summed E-state index contributed by atoms with van der Waals surface area (Å²) in [5.74, 6) is -4.74. The zero-order valence-corrected chi connectivity index (χ0v) is 49.3. The van der Waals surface area contributed by atoms with Crippen molar-refractivity contribution in [1.82, 2.24) is 9.78 Å². The number of phenols is 2.